The fourth-order valence-corrected chi connectivity index (χ4v) is 2.07. The SMILES string of the molecule is NC(=O)/C=C/c1cc(C#Cc2ccccc2)cs1. The first-order chi connectivity index (χ1) is 8.74. The van der Waals surface area contributed by atoms with Crippen LogP contribution in [0.1, 0.15) is 16.0 Å². The first-order valence-electron chi connectivity index (χ1n) is 5.37. The normalized spacial score (nSPS) is 10.0. The molecule has 1 aromatic carbocycles. The van der Waals surface area contributed by atoms with Crippen molar-refractivity contribution < 1.29 is 4.79 Å². The van der Waals surface area contributed by atoms with Gasteiger partial charge in [0.2, 0.25) is 5.91 Å². The van der Waals surface area contributed by atoms with Gasteiger partial charge in [-0.15, -0.1) is 11.3 Å². The summed E-state index contributed by atoms with van der Waals surface area (Å²) in [6, 6.07) is 11.7. The summed E-state index contributed by atoms with van der Waals surface area (Å²) in [5.41, 5.74) is 6.95. The topological polar surface area (TPSA) is 43.1 Å². The lowest BCUT2D eigenvalue weighted by Crippen LogP contribution is -2.04. The largest absolute Gasteiger partial charge is 0.366 e. The van der Waals surface area contributed by atoms with Crippen LogP contribution in [-0.4, -0.2) is 5.91 Å². The molecule has 0 saturated heterocycles. The van der Waals surface area contributed by atoms with E-state index in [-0.39, 0.29) is 0 Å². The van der Waals surface area contributed by atoms with Crippen LogP contribution < -0.4 is 5.73 Å². The van der Waals surface area contributed by atoms with Gasteiger partial charge in [0.1, 0.15) is 0 Å². The maximum atomic E-state index is 10.6. The Morgan fingerprint density at radius 1 is 1.17 bits per heavy atom. The zero-order chi connectivity index (χ0) is 12.8. The van der Waals surface area contributed by atoms with E-state index in [1.54, 1.807) is 6.08 Å². The highest BCUT2D eigenvalue weighted by molar-refractivity contribution is 7.11. The fraction of sp³-hybridized carbons (Fsp3) is 0. The van der Waals surface area contributed by atoms with Gasteiger partial charge in [-0.1, -0.05) is 30.0 Å². The third kappa shape index (κ3) is 3.62. The zero-order valence-electron chi connectivity index (χ0n) is 9.59. The van der Waals surface area contributed by atoms with Crippen molar-refractivity contribution in [3.63, 3.8) is 0 Å². The molecular weight excluding hydrogens is 242 g/mol. The van der Waals surface area contributed by atoms with Crippen LogP contribution in [0.25, 0.3) is 6.08 Å². The lowest BCUT2D eigenvalue weighted by Gasteiger charge is -1.85. The average Bonchev–Trinajstić information content (AvgIpc) is 2.83. The van der Waals surface area contributed by atoms with E-state index in [9.17, 15) is 4.79 Å². The van der Waals surface area contributed by atoms with E-state index in [4.69, 9.17) is 5.73 Å². The number of rotatable bonds is 2. The summed E-state index contributed by atoms with van der Waals surface area (Å²) in [5, 5.41) is 1.95. The molecule has 2 nitrogen and oxygen atoms in total. The highest BCUT2D eigenvalue weighted by Gasteiger charge is 1.94. The Bertz CT molecular complexity index is 629. The van der Waals surface area contributed by atoms with E-state index in [1.165, 1.54) is 17.4 Å². The molecule has 0 aliphatic carbocycles. The van der Waals surface area contributed by atoms with E-state index in [1.807, 2.05) is 41.8 Å². The Kier molecular flexibility index (Phi) is 3.95. The molecule has 0 unspecified atom stereocenters. The molecule has 2 rings (SSSR count). The van der Waals surface area contributed by atoms with Crippen LogP contribution in [0.4, 0.5) is 0 Å². The van der Waals surface area contributed by atoms with Gasteiger partial charge in [0.25, 0.3) is 0 Å². The van der Waals surface area contributed by atoms with Crippen molar-refractivity contribution in [2.45, 2.75) is 0 Å². The molecule has 1 amide bonds. The van der Waals surface area contributed by atoms with E-state index in [0.717, 1.165) is 16.0 Å². The minimum atomic E-state index is -0.444. The van der Waals surface area contributed by atoms with Crippen molar-refractivity contribution in [3.8, 4) is 11.8 Å². The van der Waals surface area contributed by atoms with E-state index >= 15 is 0 Å². The lowest BCUT2D eigenvalue weighted by molar-refractivity contribution is -0.113. The molecule has 0 saturated carbocycles. The van der Waals surface area contributed by atoms with Gasteiger partial charge >= 0.3 is 0 Å². The van der Waals surface area contributed by atoms with Gasteiger partial charge < -0.3 is 5.73 Å². The number of thiophene rings is 1. The van der Waals surface area contributed by atoms with Gasteiger partial charge in [-0.25, -0.2) is 0 Å². The van der Waals surface area contributed by atoms with Gasteiger partial charge in [0, 0.05) is 27.5 Å². The monoisotopic (exact) mass is 253 g/mol. The molecule has 2 N–H and O–H groups in total. The van der Waals surface area contributed by atoms with Crippen LogP contribution in [0.15, 0.2) is 47.9 Å². The molecule has 0 aliphatic heterocycles. The molecule has 1 aromatic heterocycles. The summed E-state index contributed by atoms with van der Waals surface area (Å²) in [7, 11) is 0. The second-order valence-electron chi connectivity index (χ2n) is 3.59. The molecule has 0 spiro atoms. The Morgan fingerprint density at radius 3 is 2.61 bits per heavy atom. The Morgan fingerprint density at radius 2 is 1.89 bits per heavy atom. The number of carbonyl (C=O) groups excluding carboxylic acids is 1. The number of amides is 1. The highest BCUT2D eigenvalue weighted by Crippen LogP contribution is 2.15. The van der Waals surface area contributed by atoms with Crippen molar-refractivity contribution in [3.05, 3.63) is 63.9 Å². The molecule has 18 heavy (non-hydrogen) atoms. The van der Waals surface area contributed by atoms with E-state index in [0.29, 0.717) is 0 Å². The molecule has 0 atom stereocenters. The molecule has 88 valence electrons. The third-order valence-electron chi connectivity index (χ3n) is 2.16. The molecule has 0 bridgehead atoms. The van der Waals surface area contributed by atoms with Crippen molar-refractivity contribution in [1.29, 1.82) is 0 Å². The molecule has 3 heteroatoms. The summed E-state index contributed by atoms with van der Waals surface area (Å²) >= 11 is 1.53. The maximum Gasteiger partial charge on any atom is 0.241 e. The predicted octanol–water partition coefficient (Wildman–Crippen LogP) is 2.65. The summed E-state index contributed by atoms with van der Waals surface area (Å²) in [6.45, 7) is 0. The van der Waals surface area contributed by atoms with Crippen LogP contribution in [0, 0.1) is 11.8 Å². The Balaban J connectivity index is 2.12. The number of primary amides is 1. The van der Waals surface area contributed by atoms with Gasteiger partial charge in [0.15, 0.2) is 0 Å². The Hall–Kier alpha value is -2.31. The third-order valence-corrected chi connectivity index (χ3v) is 3.05. The summed E-state index contributed by atoms with van der Waals surface area (Å²) in [6.07, 6.45) is 3.04. The number of benzene rings is 1. The fourth-order valence-electron chi connectivity index (χ4n) is 1.34. The van der Waals surface area contributed by atoms with Crippen molar-refractivity contribution >= 4 is 23.3 Å². The van der Waals surface area contributed by atoms with Crippen LogP contribution in [0.5, 0.6) is 0 Å². The maximum absolute atomic E-state index is 10.6. The van der Waals surface area contributed by atoms with E-state index in [2.05, 4.69) is 11.8 Å². The van der Waals surface area contributed by atoms with Crippen LogP contribution in [-0.2, 0) is 4.79 Å². The number of hydrogen-bond acceptors (Lipinski definition) is 2. The zero-order valence-corrected chi connectivity index (χ0v) is 10.4. The lowest BCUT2D eigenvalue weighted by atomic mass is 10.2. The van der Waals surface area contributed by atoms with Crippen molar-refractivity contribution in [1.82, 2.24) is 0 Å². The highest BCUT2D eigenvalue weighted by atomic mass is 32.1. The van der Waals surface area contributed by atoms with Gasteiger partial charge in [0.05, 0.1) is 0 Å². The standard InChI is InChI=1S/C15H11NOS/c16-15(17)9-8-14-10-13(11-18-14)7-6-12-4-2-1-3-5-12/h1-5,8-11H,(H2,16,17)/b9-8+. The minimum Gasteiger partial charge on any atom is -0.366 e. The van der Waals surface area contributed by atoms with Crippen molar-refractivity contribution in [2.24, 2.45) is 5.73 Å². The average molecular weight is 253 g/mol. The number of nitrogens with two attached hydrogens (primary N) is 1. The second-order valence-corrected chi connectivity index (χ2v) is 4.53. The molecular formula is C15H11NOS. The first-order valence-corrected chi connectivity index (χ1v) is 6.25. The van der Waals surface area contributed by atoms with Crippen LogP contribution in [0.3, 0.4) is 0 Å². The molecule has 0 radical (unpaired) electrons. The molecule has 0 fully saturated rings. The van der Waals surface area contributed by atoms with E-state index < -0.39 is 5.91 Å². The smallest absolute Gasteiger partial charge is 0.241 e. The second kappa shape index (κ2) is 5.85. The quantitative estimate of drug-likeness (QED) is 0.649. The van der Waals surface area contributed by atoms with Gasteiger partial charge in [-0.3, -0.25) is 4.79 Å². The summed E-state index contributed by atoms with van der Waals surface area (Å²) < 4.78 is 0. The Labute approximate surface area is 110 Å². The summed E-state index contributed by atoms with van der Waals surface area (Å²) in [4.78, 5) is 11.6. The minimum absolute atomic E-state index is 0.444. The molecule has 1 heterocycles. The summed E-state index contributed by atoms with van der Waals surface area (Å²) in [5.74, 6) is 5.72. The number of carbonyl (C=O) groups is 1. The molecule has 2 aromatic rings. The van der Waals surface area contributed by atoms with Gasteiger partial charge in [-0.05, 0) is 24.3 Å². The first kappa shape index (κ1) is 12.2. The van der Waals surface area contributed by atoms with Crippen LogP contribution in [0.2, 0.25) is 0 Å². The van der Waals surface area contributed by atoms with Gasteiger partial charge in [-0.2, -0.15) is 0 Å². The van der Waals surface area contributed by atoms with Crippen molar-refractivity contribution in [2.75, 3.05) is 0 Å². The molecule has 0 aliphatic rings. The van der Waals surface area contributed by atoms with Crippen LogP contribution >= 0.6 is 11.3 Å². The number of hydrogen-bond donors (Lipinski definition) is 1. The predicted molar refractivity (Wildman–Crippen MR) is 75.0 cm³/mol.